The van der Waals surface area contributed by atoms with Crippen LogP contribution >= 0.6 is 7.82 Å². The first kappa shape index (κ1) is 90.9. The minimum Gasteiger partial charge on any atom is -0.462 e. The zero-order chi connectivity index (χ0) is 68.6. The summed E-state index contributed by atoms with van der Waals surface area (Å²) >= 11 is 0. The van der Waals surface area contributed by atoms with Gasteiger partial charge in [-0.2, -0.15) is 0 Å². The van der Waals surface area contributed by atoms with Crippen LogP contribution < -0.4 is 5.73 Å². The topological polar surface area (TPSA) is 134 Å². The van der Waals surface area contributed by atoms with E-state index < -0.39 is 32.5 Å². The van der Waals surface area contributed by atoms with E-state index in [0.717, 1.165) is 103 Å². The van der Waals surface area contributed by atoms with E-state index in [1.165, 1.54) is 212 Å². The van der Waals surface area contributed by atoms with E-state index in [9.17, 15) is 19.0 Å². The first-order valence-electron chi connectivity index (χ1n) is 39.3. The summed E-state index contributed by atoms with van der Waals surface area (Å²) in [4.78, 5) is 35.4. The zero-order valence-corrected chi connectivity index (χ0v) is 62.3. The molecule has 10 heteroatoms. The highest BCUT2D eigenvalue weighted by Gasteiger charge is 2.26. The smallest absolute Gasteiger partial charge is 0.462 e. The van der Waals surface area contributed by atoms with Gasteiger partial charge < -0.3 is 20.1 Å². The Hall–Kier alpha value is -4.11. The fourth-order valence-electron chi connectivity index (χ4n) is 10.9. The molecule has 0 aromatic carbocycles. The van der Waals surface area contributed by atoms with Crippen LogP contribution in [0.25, 0.3) is 0 Å². The molecule has 2 atom stereocenters. The molecule has 0 aliphatic carbocycles. The Balaban J connectivity index is 3.88. The Morgan fingerprint density at radius 1 is 0.326 bits per heavy atom. The summed E-state index contributed by atoms with van der Waals surface area (Å²) in [6.07, 6.45) is 114. The number of phosphoric ester groups is 1. The number of carbonyl (C=O) groups is 2. The second-order valence-electron chi connectivity index (χ2n) is 25.8. The Morgan fingerprint density at radius 2 is 0.579 bits per heavy atom. The highest BCUT2D eigenvalue weighted by molar-refractivity contribution is 7.47. The molecular formula is C85H146NO8P. The number of ether oxygens (including phenoxy) is 2. The molecule has 0 aromatic heterocycles. The van der Waals surface area contributed by atoms with E-state index in [-0.39, 0.29) is 32.6 Å². The van der Waals surface area contributed by atoms with Crippen LogP contribution in [-0.2, 0) is 32.7 Å². The van der Waals surface area contributed by atoms with Crippen molar-refractivity contribution in [1.29, 1.82) is 0 Å². The number of phosphoric acid groups is 1. The molecule has 0 heterocycles. The maximum atomic E-state index is 12.8. The quantitative estimate of drug-likeness (QED) is 0.0264. The van der Waals surface area contributed by atoms with Gasteiger partial charge in [-0.05, 0) is 122 Å². The number of carbonyl (C=O) groups excluding carboxylic acids is 2. The normalized spacial score (nSPS) is 13.7. The van der Waals surface area contributed by atoms with Crippen LogP contribution in [0.15, 0.2) is 146 Å². The highest BCUT2D eigenvalue weighted by Crippen LogP contribution is 2.43. The molecule has 0 aromatic rings. The van der Waals surface area contributed by atoms with E-state index in [4.69, 9.17) is 24.3 Å². The number of hydrogen-bond acceptors (Lipinski definition) is 8. The predicted octanol–water partition coefficient (Wildman–Crippen LogP) is 26.5. The van der Waals surface area contributed by atoms with Crippen LogP contribution in [-0.4, -0.2) is 49.3 Å². The number of nitrogens with two attached hydrogens (primary N) is 1. The average molecular weight is 1340 g/mol. The first-order chi connectivity index (χ1) is 46.8. The molecule has 0 saturated carbocycles. The van der Waals surface area contributed by atoms with Gasteiger partial charge in [0.15, 0.2) is 6.10 Å². The van der Waals surface area contributed by atoms with Crippen LogP contribution in [0.4, 0.5) is 0 Å². The first-order valence-corrected chi connectivity index (χ1v) is 40.8. The van der Waals surface area contributed by atoms with Gasteiger partial charge in [-0.15, -0.1) is 0 Å². The second-order valence-corrected chi connectivity index (χ2v) is 27.3. The highest BCUT2D eigenvalue weighted by atomic mass is 31.2. The summed E-state index contributed by atoms with van der Waals surface area (Å²) < 4.78 is 33.2. The van der Waals surface area contributed by atoms with Gasteiger partial charge in [0.05, 0.1) is 13.2 Å². The van der Waals surface area contributed by atoms with Gasteiger partial charge in [-0.3, -0.25) is 18.6 Å². The molecule has 2 unspecified atom stereocenters. The molecule has 95 heavy (non-hydrogen) atoms. The lowest BCUT2D eigenvalue weighted by atomic mass is 10.0. The summed E-state index contributed by atoms with van der Waals surface area (Å²) in [6.45, 7) is 3.59. The number of rotatable bonds is 73. The largest absolute Gasteiger partial charge is 0.472 e. The summed E-state index contributed by atoms with van der Waals surface area (Å²) in [7, 11) is -4.42. The molecule has 0 aliphatic rings. The molecule has 0 radical (unpaired) electrons. The number of allylic oxidation sites excluding steroid dienone is 24. The Bertz CT molecular complexity index is 2080. The molecule has 0 bridgehead atoms. The van der Waals surface area contributed by atoms with Crippen molar-refractivity contribution < 1.29 is 37.6 Å². The van der Waals surface area contributed by atoms with Crippen molar-refractivity contribution in [3.8, 4) is 0 Å². The predicted molar refractivity (Wildman–Crippen MR) is 413 cm³/mol. The van der Waals surface area contributed by atoms with Crippen LogP contribution in [0.3, 0.4) is 0 Å². The molecule has 0 amide bonds. The van der Waals surface area contributed by atoms with Crippen molar-refractivity contribution >= 4 is 19.8 Å². The minimum absolute atomic E-state index is 0.0402. The zero-order valence-electron chi connectivity index (χ0n) is 61.4. The number of esters is 2. The van der Waals surface area contributed by atoms with E-state index in [1.807, 2.05) is 0 Å². The van der Waals surface area contributed by atoms with E-state index in [2.05, 4.69) is 160 Å². The monoisotopic (exact) mass is 1340 g/mol. The van der Waals surface area contributed by atoms with Crippen molar-refractivity contribution in [3.05, 3.63) is 146 Å². The summed E-state index contributed by atoms with van der Waals surface area (Å²) in [5.41, 5.74) is 5.41. The maximum Gasteiger partial charge on any atom is 0.472 e. The lowest BCUT2D eigenvalue weighted by molar-refractivity contribution is -0.161. The fourth-order valence-corrected chi connectivity index (χ4v) is 11.7. The van der Waals surface area contributed by atoms with E-state index in [1.54, 1.807) is 0 Å². The van der Waals surface area contributed by atoms with E-state index in [0.29, 0.717) is 6.42 Å². The molecule has 544 valence electrons. The number of unbranched alkanes of at least 4 members (excludes halogenated alkanes) is 36. The van der Waals surface area contributed by atoms with Crippen molar-refractivity contribution in [1.82, 2.24) is 0 Å². The van der Waals surface area contributed by atoms with Gasteiger partial charge in [0.25, 0.3) is 0 Å². The Kier molecular flexibility index (Phi) is 75.5. The fraction of sp³-hybridized carbons (Fsp3) is 0.694. The molecule has 3 N–H and O–H groups in total. The molecular weight excluding hydrogens is 1190 g/mol. The number of hydrogen-bond donors (Lipinski definition) is 2. The molecule has 9 nitrogen and oxygen atoms in total. The van der Waals surface area contributed by atoms with Crippen molar-refractivity contribution in [2.24, 2.45) is 5.73 Å². The average Bonchev–Trinajstić information content (AvgIpc) is 3.25. The molecule has 0 aliphatic heterocycles. The SMILES string of the molecule is CC/C=C\C/C=C\C/C=C\C/C=C\C/C=C\C/C=C\C/C=C\C/C=C\C/C=C\C/C=C\CCCCC(=O)OC(COC(=O)CCCCCCCCCCCCCCCCCCCCCCCCCCCCCCC/C=C\C/C=C\CCCCCCC)COP(=O)(O)OCCN. The lowest BCUT2D eigenvalue weighted by Gasteiger charge is -2.19. The molecule has 0 saturated heterocycles. The van der Waals surface area contributed by atoms with E-state index >= 15 is 0 Å². The van der Waals surface area contributed by atoms with Gasteiger partial charge in [-0.1, -0.05) is 359 Å². The second kappa shape index (κ2) is 78.9. The van der Waals surface area contributed by atoms with Gasteiger partial charge >= 0.3 is 19.8 Å². The van der Waals surface area contributed by atoms with Gasteiger partial charge in [0.2, 0.25) is 0 Å². The van der Waals surface area contributed by atoms with Crippen LogP contribution in [0, 0.1) is 0 Å². The van der Waals surface area contributed by atoms with Crippen molar-refractivity contribution in [3.63, 3.8) is 0 Å². The minimum atomic E-state index is -4.42. The Morgan fingerprint density at radius 3 is 0.884 bits per heavy atom. The maximum absolute atomic E-state index is 12.8. The molecule has 0 spiro atoms. The third-order valence-corrected chi connectivity index (χ3v) is 17.7. The summed E-state index contributed by atoms with van der Waals surface area (Å²) in [5.74, 6) is -0.876. The third kappa shape index (κ3) is 78.8. The van der Waals surface area contributed by atoms with Crippen LogP contribution in [0.1, 0.15) is 348 Å². The summed E-state index contributed by atoms with van der Waals surface area (Å²) in [5, 5.41) is 0. The van der Waals surface area contributed by atoms with Gasteiger partial charge in [-0.25, -0.2) is 4.57 Å². The molecule has 0 fully saturated rings. The van der Waals surface area contributed by atoms with Crippen molar-refractivity contribution in [2.75, 3.05) is 26.4 Å². The van der Waals surface area contributed by atoms with Gasteiger partial charge in [0, 0.05) is 19.4 Å². The molecule has 0 rings (SSSR count). The lowest BCUT2D eigenvalue weighted by Crippen LogP contribution is -2.29. The van der Waals surface area contributed by atoms with Gasteiger partial charge in [0.1, 0.15) is 6.61 Å². The summed E-state index contributed by atoms with van der Waals surface area (Å²) in [6, 6.07) is 0. The van der Waals surface area contributed by atoms with Crippen LogP contribution in [0.2, 0.25) is 0 Å². The standard InChI is InChI=1S/C85H146NO8P/c1-3-5-7-9-11-13-15-17-19-21-23-25-27-29-31-33-35-37-38-39-40-41-42-43-44-46-47-49-51-53-55-57-59-61-63-65-67-69-71-73-75-77-84(87)91-81-83(82-93-95(89,90)92-80-79-86)94-85(88)78-76-74-72-70-68-66-64-62-60-58-56-54-52-50-48-45-36-34-32-30-28-26-24-22-20-18-16-14-12-10-8-6-4-2/h6,8,12,14-15,17-18,20-21,23-24,26,30,32,36,45,50,52,56,58,62,64,68,70,83H,3-5,7,9-11,13,16,19,22,25,27-29,31,33-35,37-44,46-49,51,53-55,57,59-61,63,65-67,69,71-82,86H2,1-2H3,(H,89,90)/b8-6-,14-12-,17-15-,20-18-,23-21-,26-24-,32-30-,45-36-,52-50-,58-56-,64-62-,70-68-. The van der Waals surface area contributed by atoms with Crippen LogP contribution in [0.5, 0.6) is 0 Å². The third-order valence-electron chi connectivity index (χ3n) is 16.7. The Labute approximate surface area is 586 Å². The van der Waals surface area contributed by atoms with Crippen molar-refractivity contribution in [2.45, 2.75) is 354 Å².